The van der Waals surface area contributed by atoms with E-state index < -0.39 is 15.9 Å². The summed E-state index contributed by atoms with van der Waals surface area (Å²) in [5, 5.41) is 7.64. The van der Waals surface area contributed by atoms with Crippen LogP contribution in [0.25, 0.3) is 0 Å². The van der Waals surface area contributed by atoms with Crippen molar-refractivity contribution in [2.24, 2.45) is 11.5 Å². The molecule has 0 aliphatic carbocycles. The molecular weight excluding hydrogens is 342 g/mol. The van der Waals surface area contributed by atoms with E-state index in [0.29, 0.717) is 5.56 Å². The number of carbonyl (C=O) groups is 1. The third-order valence-corrected chi connectivity index (χ3v) is 5.51. The van der Waals surface area contributed by atoms with E-state index in [1.165, 1.54) is 23.6 Å². The predicted molar refractivity (Wildman–Crippen MR) is 95.4 cm³/mol. The zero-order valence-corrected chi connectivity index (χ0v) is 14.7. The van der Waals surface area contributed by atoms with Gasteiger partial charge in [0.05, 0.1) is 18.0 Å². The van der Waals surface area contributed by atoms with Gasteiger partial charge in [-0.25, -0.2) is 8.42 Å². The van der Waals surface area contributed by atoms with E-state index >= 15 is 0 Å². The van der Waals surface area contributed by atoms with Gasteiger partial charge >= 0.3 is 0 Å². The molecule has 9 heteroatoms. The van der Waals surface area contributed by atoms with Gasteiger partial charge in [-0.2, -0.15) is 0 Å². The number of benzene rings is 1. The van der Waals surface area contributed by atoms with Crippen molar-refractivity contribution in [3.63, 3.8) is 0 Å². The van der Waals surface area contributed by atoms with Crippen molar-refractivity contribution in [3.05, 3.63) is 59.6 Å². The summed E-state index contributed by atoms with van der Waals surface area (Å²) >= 11 is 0. The third kappa shape index (κ3) is 4.38. The number of nitrogens with zero attached hydrogens (tertiary/aromatic N) is 2. The molecule has 1 aromatic carbocycles. The topological polar surface area (TPSA) is 134 Å². The summed E-state index contributed by atoms with van der Waals surface area (Å²) in [7, 11) is -3.52. The van der Waals surface area contributed by atoms with Crippen molar-refractivity contribution in [1.82, 2.24) is 9.21 Å². The van der Waals surface area contributed by atoms with Crippen molar-refractivity contribution >= 4 is 21.8 Å². The summed E-state index contributed by atoms with van der Waals surface area (Å²) < 4.78 is 26.3. The van der Waals surface area contributed by atoms with Gasteiger partial charge in [0, 0.05) is 24.5 Å². The summed E-state index contributed by atoms with van der Waals surface area (Å²) in [5.41, 5.74) is 11.8. The van der Waals surface area contributed by atoms with Crippen LogP contribution in [0.5, 0.6) is 0 Å². The Morgan fingerprint density at radius 1 is 1.16 bits per heavy atom. The van der Waals surface area contributed by atoms with Crippen molar-refractivity contribution in [2.75, 3.05) is 13.1 Å². The molecule has 0 fully saturated rings. The Bertz CT molecular complexity index is 831. The van der Waals surface area contributed by atoms with Crippen LogP contribution in [0, 0.1) is 5.41 Å². The van der Waals surface area contributed by atoms with E-state index in [0.717, 1.165) is 0 Å². The monoisotopic (exact) mass is 363 g/mol. The fraction of sp³-hybridized carbons (Fsp3) is 0.250. The summed E-state index contributed by atoms with van der Waals surface area (Å²) in [4.78, 5) is 12.9. The van der Waals surface area contributed by atoms with Gasteiger partial charge in [-0.1, -0.05) is 30.3 Å². The van der Waals surface area contributed by atoms with Gasteiger partial charge in [0.25, 0.3) is 0 Å². The number of amides is 1. The van der Waals surface area contributed by atoms with E-state index in [2.05, 4.69) is 0 Å². The summed E-state index contributed by atoms with van der Waals surface area (Å²) in [6.07, 6.45) is 2.88. The van der Waals surface area contributed by atoms with E-state index in [1.807, 2.05) is 6.07 Å². The minimum Gasteiger partial charge on any atom is -0.382 e. The molecule has 0 bridgehead atoms. The molecule has 0 spiro atoms. The van der Waals surface area contributed by atoms with Crippen LogP contribution < -0.4 is 11.5 Å². The van der Waals surface area contributed by atoms with Crippen LogP contribution in [-0.2, 0) is 20.6 Å². The lowest BCUT2D eigenvalue weighted by Crippen LogP contribution is -2.41. The SMILES string of the molecule is C/C(C(N)=O)=C(/C(=N)N)N1C=CN(S(=O)(=O)Cc2ccccc2)CC1. The number of nitrogens with one attached hydrogen (secondary N) is 1. The van der Waals surface area contributed by atoms with Crippen molar-refractivity contribution in [3.8, 4) is 0 Å². The summed E-state index contributed by atoms with van der Waals surface area (Å²) in [6, 6.07) is 8.91. The minimum atomic E-state index is -3.52. The molecule has 0 atom stereocenters. The lowest BCUT2D eigenvalue weighted by atomic mass is 10.1. The first-order valence-corrected chi connectivity index (χ1v) is 9.17. The number of amidine groups is 1. The zero-order chi connectivity index (χ0) is 18.6. The Hall–Kier alpha value is -2.81. The third-order valence-electron chi connectivity index (χ3n) is 3.79. The minimum absolute atomic E-state index is 0.103. The van der Waals surface area contributed by atoms with Crippen LogP contribution in [0.4, 0.5) is 0 Å². The Morgan fingerprint density at radius 2 is 1.80 bits per heavy atom. The normalized spacial score (nSPS) is 15.7. The average Bonchev–Trinajstić information content (AvgIpc) is 2.55. The molecule has 8 nitrogen and oxygen atoms in total. The van der Waals surface area contributed by atoms with Gasteiger partial charge in [-0.05, 0) is 12.5 Å². The van der Waals surface area contributed by atoms with Gasteiger partial charge < -0.3 is 16.4 Å². The van der Waals surface area contributed by atoms with Crippen molar-refractivity contribution < 1.29 is 13.2 Å². The molecule has 1 aliphatic rings. The molecule has 1 heterocycles. The van der Waals surface area contributed by atoms with Crippen LogP contribution in [0.3, 0.4) is 0 Å². The maximum Gasteiger partial charge on any atom is 0.246 e. The molecule has 0 radical (unpaired) electrons. The van der Waals surface area contributed by atoms with E-state index in [-0.39, 0.29) is 35.9 Å². The number of primary amides is 1. The van der Waals surface area contributed by atoms with Crippen molar-refractivity contribution in [2.45, 2.75) is 12.7 Å². The quantitative estimate of drug-likeness (QED) is 0.380. The van der Waals surface area contributed by atoms with E-state index in [4.69, 9.17) is 16.9 Å². The standard InChI is InChI=1S/C16H21N5O3S/c1-12(16(19)22)14(15(17)18)20-7-9-21(10-8-20)25(23,24)11-13-5-3-2-4-6-13/h2-7,9H,8,10-11H2,1H3,(H3,17,18)(H2,19,22)/b14-12+. The number of nitrogens with two attached hydrogens (primary N) is 2. The summed E-state index contributed by atoms with van der Waals surface area (Å²) in [5.74, 6) is -1.09. The molecule has 2 rings (SSSR count). The highest BCUT2D eigenvalue weighted by Crippen LogP contribution is 2.18. The predicted octanol–water partition coefficient (Wildman–Crippen LogP) is 0.300. The Balaban J connectivity index is 2.20. The molecule has 1 aromatic rings. The molecule has 134 valence electrons. The van der Waals surface area contributed by atoms with Crippen molar-refractivity contribution in [1.29, 1.82) is 5.41 Å². The first-order chi connectivity index (χ1) is 11.7. The number of carbonyl (C=O) groups excluding carboxylic acids is 1. The number of hydrogen-bond acceptors (Lipinski definition) is 5. The van der Waals surface area contributed by atoms with E-state index in [1.54, 1.807) is 29.2 Å². The van der Waals surface area contributed by atoms with Crippen LogP contribution >= 0.6 is 0 Å². The fourth-order valence-corrected chi connectivity index (χ4v) is 3.86. The van der Waals surface area contributed by atoms with Crippen LogP contribution in [0.2, 0.25) is 0 Å². The Morgan fingerprint density at radius 3 is 2.28 bits per heavy atom. The average molecular weight is 363 g/mol. The molecular formula is C16H21N5O3S. The molecule has 1 amide bonds. The highest BCUT2D eigenvalue weighted by Gasteiger charge is 2.25. The van der Waals surface area contributed by atoms with Gasteiger partial charge in [-0.15, -0.1) is 0 Å². The van der Waals surface area contributed by atoms with Crippen LogP contribution in [0.1, 0.15) is 12.5 Å². The molecule has 25 heavy (non-hydrogen) atoms. The first kappa shape index (κ1) is 18.5. The largest absolute Gasteiger partial charge is 0.382 e. The second kappa shape index (κ2) is 7.39. The second-order valence-corrected chi connectivity index (χ2v) is 7.52. The molecule has 0 saturated heterocycles. The van der Waals surface area contributed by atoms with Gasteiger partial charge in [-0.3, -0.25) is 14.5 Å². The van der Waals surface area contributed by atoms with Gasteiger partial charge in [0.1, 0.15) is 5.84 Å². The van der Waals surface area contributed by atoms with Gasteiger partial charge in [0.15, 0.2) is 0 Å². The highest BCUT2D eigenvalue weighted by atomic mass is 32.2. The molecule has 0 unspecified atom stereocenters. The number of sulfonamides is 1. The van der Waals surface area contributed by atoms with Gasteiger partial charge in [0.2, 0.25) is 15.9 Å². The molecule has 0 saturated carbocycles. The smallest absolute Gasteiger partial charge is 0.246 e. The van der Waals surface area contributed by atoms with Crippen LogP contribution in [0.15, 0.2) is 54.0 Å². The molecule has 1 aliphatic heterocycles. The molecule has 0 aromatic heterocycles. The maximum absolute atomic E-state index is 12.5. The lowest BCUT2D eigenvalue weighted by molar-refractivity contribution is -0.114. The summed E-state index contributed by atoms with van der Waals surface area (Å²) in [6.45, 7) is 1.91. The maximum atomic E-state index is 12.5. The number of hydrogen-bond donors (Lipinski definition) is 3. The van der Waals surface area contributed by atoms with Crippen LogP contribution in [-0.4, -0.2) is 42.5 Å². The zero-order valence-electron chi connectivity index (χ0n) is 13.8. The van der Waals surface area contributed by atoms with E-state index in [9.17, 15) is 13.2 Å². The Labute approximate surface area is 147 Å². The second-order valence-electron chi connectivity index (χ2n) is 5.60. The lowest BCUT2D eigenvalue weighted by Gasteiger charge is -2.32. The highest BCUT2D eigenvalue weighted by molar-refractivity contribution is 7.88. The first-order valence-electron chi connectivity index (χ1n) is 7.56. The molecule has 5 N–H and O–H groups in total. The number of rotatable bonds is 6. The fourth-order valence-electron chi connectivity index (χ4n) is 2.48. The Kier molecular flexibility index (Phi) is 5.48.